The zero-order valence-corrected chi connectivity index (χ0v) is 14.2. The SMILES string of the molecule is Fc1cccc(F)c1C1(c2noc(Cn3ccc(C(F)F)n3)n2)CCCC1. The molecular weight excluding hydrogens is 364 g/mol. The van der Waals surface area contributed by atoms with Gasteiger partial charge in [-0.1, -0.05) is 24.1 Å². The molecule has 27 heavy (non-hydrogen) atoms. The van der Waals surface area contributed by atoms with E-state index >= 15 is 0 Å². The third-order valence-electron chi connectivity index (χ3n) is 4.98. The molecule has 0 atom stereocenters. The highest BCUT2D eigenvalue weighted by Gasteiger charge is 2.45. The van der Waals surface area contributed by atoms with Gasteiger partial charge in [0, 0.05) is 11.8 Å². The molecule has 4 rings (SSSR count). The fraction of sp³-hybridized carbons (Fsp3) is 0.389. The first-order chi connectivity index (χ1) is 13.0. The third kappa shape index (κ3) is 3.11. The molecule has 0 saturated heterocycles. The zero-order valence-electron chi connectivity index (χ0n) is 14.2. The number of benzene rings is 1. The zero-order chi connectivity index (χ0) is 19.0. The Labute approximate surface area is 152 Å². The Morgan fingerprint density at radius 3 is 2.44 bits per heavy atom. The van der Waals surface area contributed by atoms with E-state index in [0.29, 0.717) is 12.8 Å². The molecule has 1 aliphatic rings. The van der Waals surface area contributed by atoms with Crippen LogP contribution in [0.1, 0.15) is 55.1 Å². The number of rotatable bonds is 5. The van der Waals surface area contributed by atoms with Crippen molar-refractivity contribution < 1.29 is 22.1 Å². The second-order valence-electron chi connectivity index (χ2n) is 6.64. The summed E-state index contributed by atoms with van der Waals surface area (Å²) in [6.45, 7) is -0.00441. The number of hydrogen-bond donors (Lipinski definition) is 0. The van der Waals surface area contributed by atoms with Crippen molar-refractivity contribution in [3.63, 3.8) is 0 Å². The van der Waals surface area contributed by atoms with Crippen LogP contribution >= 0.6 is 0 Å². The molecule has 2 aromatic heterocycles. The van der Waals surface area contributed by atoms with E-state index in [1.165, 1.54) is 35.1 Å². The van der Waals surface area contributed by atoms with Gasteiger partial charge in [0.25, 0.3) is 6.43 Å². The smallest absolute Gasteiger partial charge is 0.282 e. The van der Waals surface area contributed by atoms with E-state index < -0.39 is 23.5 Å². The summed E-state index contributed by atoms with van der Waals surface area (Å²) >= 11 is 0. The summed E-state index contributed by atoms with van der Waals surface area (Å²) in [5.41, 5.74) is -1.39. The Bertz CT molecular complexity index is 926. The maximum absolute atomic E-state index is 14.5. The van der Waals surface area contributed by atoms with Crippen LogP contribution in [-0.4, -0.2) is 19.9 Å². The summed E-state index contributed by atoms with van der Waals surface area (Å²) in [5, 5.41) is 7.69. The molecule has 0 amide bonds. The van der Waals surface area contributed by atoms with Crippen molar-refractivity contribution >= 4 is 0 Å². The van der Waals surface area contributed by atoms with Gasteiger partial charge in [-0.15, -0.1) is 0 Å². The van der Waals surface area contributed by atoms with Crippen LogP contribution in [0.15, 0.2) is 35.0 Å². The third-order valence-corrected chi connectivity index (χ3v) is 4.98. The highest BCUT2D eigenvalue weighted by atomic mass is 19.3. The molecule has 142 valence electrons. The van der Waals surface area contributed by atoms with Crippen LogP contribution < -0.4 is 0 Å². The largest absolute Gasteiger partial charge is 0.337 e. The molecule has 1 fully saturated rings. The first-order valence-corrected chi connectivity index (χ1v) is 8.59. The van der Waals surface area contributed by atoms with Gasteiger partial charge in [-0.25, -0.2) is 17.6 Å². The van der Waals surface area contributed by atoms with Gasteiger partial charge in [0.2, 0.25) is 5.89 Å². The van der Waals surface area contributed by atoms with Crippen LogP contribution in [0.3, 0.4) is 0 Å². The van der Waals surface area contributed by atoms with Crippen molar-refractivity contribution in [1.29, 1.82) is 0 Å². The van der Waals surface area contributed by atoms with Crippen molar-refractivity contribution in [1.82, 2.24) is 19.9 Å². The van der Waals surface area contributed by atoms with E-state index in [0.717, 1.165) is 12.8 Å². The highest BCUT2D eigenvalue weighted by Crippen LogP contribution is 2.47. The molecule has 1 aliphatic carbocycles. The highest BCUT2D eigenvalue weighted by molar-refractivity contribution is 5.36. The van der Waals surface area contributed by atoms with Crippen LogP contribution in [-0.2, 0) is 12.0 Å². The summed E-state index contributed by atoms with van der Waals surface area (Å²) < 4.78 is 60.7. The fourth-order valence-corrected chi connectivity index (χ4v) is 3.75. The molecule has 2 heterocycles. The van der Waals surface area contributed by atoms with E-state index in [1.54, 1.807) is 0 Å². The summed E-state index contributed by atoms with van der Waals surface area (Å²) in [6.07, 6.45) is 1.29. The molecule has 0 radical (unpaired) electrons. The topological polar surface area (TPSA) is 56.7 Å². The first kappa shape index (κ1) is 17.7. The molecule has 0 N–H and O–H groups in total. The summed E-state index contributed by atoms with van der Waals surface area (Å²) in [6, 6.07) is 4.95. The molecule has 1 aromatic carbocycles. The quantitative estimate of drug-likeness (QED) is 0.616. The van der Waals surface area contributed by atoms with Gasteiger partial charge in [0.05, 0.1) is 5.41 Å². The van der Waals surface area contributed by atoms with Gasteiger partial charge in [0.1, 0.15) is 23.9 Å². The van der Waals surface area contributed by atoms with Crippen molar-refractivity contribution in [3.05, 3.63) is 65.1 Å². The van der Waals surface area contributed by atoms with E-state index in [-0.39, 0.29) is 29.5 Å². The number of alkyl halides is 2. The molecule has 1 saturated carbocycles. The Morgan fingerprint density at radius 2 is 1.81 bits per heavy atom. The molecule has 9 heteroatoms. The predicted molar refractivity (Wildman–Crippen MR) is 86.2 cm³/mol. The van der Waals surface area contributed by atoms with Gasteiger partial charge >= 0.3 is 0 Å². The average molecular weight is 380 g/mol. The molecular formula is C18H16F4N4O. The van der Waals surface area contributed by atoms with Crippen molar-refractivity contribution in [2.45, 2.75) is 44.1 Å². The minimum Gasteiger partial charge on any atom is -0.337 e. The summed E-state index contributed by atoms with van der Waals surface area (Å²) in [4.78, 5) is 4.31. The molecule has 0 bridgehead atoms. The lowest BCUT2D eigenvalue weighted by atomic mass is 9.77. The fourth-order valence-electron chi connectivity index (χ4n) is 3.75. The second kappa shape index (κ2) is 6.79. The number of halogens is 4. The number of hydrogen-bond acceptors (Lipinski definition) is 4. The van der Waals surface area contributed by atoms with Gasteiger partial charge < -0.3 is 4.52 Å². The normalized spacial score (nSPS) is 16.3. The van der Waals surface area contributed by atoms with Gasteiger partial charge in [-0.3, -0.25) is 4.68 Å². The molecule has 0 aliphatic heterocycles. The van der Waals surface area contributed by atoms with Crippen LogP contribution in [0, 0.1) is 11.6 Å². The number of aromatic nitrogens is 4. The van der Waals surface area contributed by atoms with Crippen molar-refractivity contribution in [2.24, 2.45) is 0 Å². The standard InChI is InChI=1S/C18H16F4N4O/c19-11-4-3-5-12(20)15(11)18(7-1-2-8-18)17-23-14(27-25-17)10-26-9-6-13(24-26)16(21)22/h3-6,9,16H,1-2,7-8,10H2. The van der Waals surface area contributed by atoms with Crippen molar-refractivity contribution in [3.8, 4) is 0 Å². The average Bonchev–Trinajstić information content (AvgIpc) is 3.35. The minimum absolute atomic E-state index is 0.00441. The Hall–Kier alpha value is -2.71. The molecule has 0 spiro atoms. The van der Waals surface area contributed by atoms with E-state index in [9.17, 15) is 17.6 Å². The molecule has 5 nitrogen and oxygen atoms in total. The van der Waals surface area contributed by atoms with Crippen LogP contribution in [0.4, 0.5) is 17.6 Å². The van der Waals surface area contributed by atoms with Crippen LogP contribution in [0.2, 0.25) is 0 Å². The van der Waals surface area contributed by atoms with Gasteiger partial charge in [0.15, 0.2) is 5.82 Å². The predicted octanol–water partition coefficient (Wildman–Crippen LogP) is 4.39. The maximum atomic E-state index is 14.5. The van der Waals surface area contributed by atoms with Gasteiger partial charge in [-0.2, -0.15) is 10.1 Å². The molecule has 3 aromatic rings. The summed E-state index contributed by atoms with van der Waals surface area (Å²) in [5.74, 6) is -0.939. The first-order valence-electron chi connectivity index (χ1n) is 8.59. The van der Waals surface area contributed by atoms with E-state index in [2.05, 4.69) is 15.2 Å². The maximum Gasteiger partial charge on any atom is 0.282 e. The lowest BCUT2D eigenvalue weighted by molar-refractivity contribution is 0.145. The second-order valence-corrected chi connectivity index (χ2v) is 6.64. The Kier molecular flexibility index (Phi) is 4.45. The summed E-state index contributed by atoms with van der Waals surface area (Å²) in [7, 11) is 0. The van der Waals surface area contributed by atoms with Crippen LogP contribution in [0.5, 0.6) is 0 Å². The lowest BCUT2D eigenvalue weighted by Gasteiger charge is -2.26. The number of nitrogens with zero attached hydrogens (tertiary/aromatic N) is 4. The van der Waals surface area contributed by atoms with E-state index in [4.69, 9.17) is 4.52 Å². The Balaban J connectivity index is 1.67. The van der Waals surface area contributed by atoms with Gasteiger partial charge in [-0.05, 0) is 31.0 Å². The molecule has 0 unspecified atom stereocenters. The van der Waals surface area contributed by atoms with E-state index in [1.807, 2.05) is 0 Å². The Morgan fingerprint density at radius 1 is 1.11 bits per heavy atom. The minimum atomic E-state index is -2.67. The monoisotopic (exact) mass is 380 g/mol. The van der Waals surface area contributed by atoms with Crippen molar-refractivity contribution in [2.75, 3.05) is 0 Å². The van der Waals surface area contributed by atoms with Crippen LogP contribution in [0.25, 0.3) is 0 Å². The lowest BCUT2D eigenvalue weighted by Crippen LogP contribution is -2.28.